The highest BCUT2D eigenvalue weighted by Crippen LogP contribution is 2.14. The van der Waals surface area contributed by atoms with E-state index in [0.717, 1.165) is 18.3 Å². The third-order valence-electron chi connectivity index (χ3n) is 2.51. The zero-order chi connectivity index (χ0) is 11.2. The highest BCUT2D eigenvalue weighted by Gasteiger charge is 2.12. The predicted molar refractivity (Wildman–Crippen MR) is 65.7 cm³/mol. The second-order valence-corrected chi connectivity index (χ2v) is 3.67. The molecule has 0 aromatic heterocycles. The van der Waals surface area contributed by atoms with E-state index in [1.54, 1.807) is 6.21 Å². The minimum Gasteiger partial charge on any atom is -0.301 e. The molecule has 0 N–H and O–H groups in total. The number of aliphatic imine (C=N–C) groups is 1. The summed E-state index contributed by atoms with van der Waals surface area (Å²) in [6.07, 6.45) is 9.07. The summed E-state index contributed by atoms with van der Waals surface area (Å²) in [5.74, 6) is 0. The van der Waals surface area contributed by atoms with Crippen molar-refractivity contribution in [3.8, 4) is 0 Å². The van der Waals surface area contributed by atoms with Crippen molar-refractivity contribution >= 4 is 12.5 Å². The summed E-state index contributed by atoms with van der Waals surface area (Å²) in [6.45, 7) is 0. The second kappa shape index (κ2) is 5.21. The van der Waals surface area contributed by atoms with Crippen molar-refractivity contribution in [2.45, 2.75) is 12.5 Å². The van der Waals surface area contributed by atoms with Gasteiger partial charge in [0.25, 0.3) is 0 Å². The van der Waals surface area contributed by atoms with Crippen molar-refractivity contribution in [1.29, 1.82) is 0 Å². The molecule has 0 saturated heterocycles. The van der Waals surface area contributed by atoms with Gasteiger partial charge in [-0.15, -0.1) is 0 Å². The zero-order valence-electron chi connectivity index (χ0n) is 8.91. The van der Waals surface area contributed by atoms with Crippen LogP contribution in [0.25, 0.3) is 0 Å². The quantitative estimate of drug-likeness (QED) is 0.706. The molecule has 0 saturated carbocycles. The van der Waals surface area contributed by atoms with Crippen LogP contribution in [0.1, 0.15) is 5.56 Å². The monoisotopic (exact) mass is 211 g/mol. The lowest BCUT2D eigenvalue weighted by Gasteiger charge is -2.09. The van der Waals surface area contributed by atoms with E-state index >= 15 is 0 Å². The average Bonchev–Trinajstić information content (AvgIpc) is 2.55. The van der Waals surface area contributed by atoms with Gasteiger partial charge in [-0.05, 0) is 23.6 Å². The van der Waals surface area contributed by atoms with Crippen molar-refractivity contribution in [1.82, 2.24) is 0 Å². The number of carbonyl (C=O) groups excluding carboxylic acids is 1. The van der Waals surface area contributed by atoms with E-state index in [1.807, 2.05) is 36.4 Å². The van der Waals surface area contributed by atoms with Crippen LogP contribution in [0.3, 0.4) is 0 Å². The number of benzene rings is 1. The third kappa shape index (κ3) is 2.54. The van der Waals surface area contributed by atoms with Gasteiger partial charge in [0.2, 0.25) is 0 Å². The van der Waals surface area contributed by atoms with E-state index in [9.17, 15) is 4.79 Å². The van der Waals surface area contributed by atoms with Crippen molar-refractivity contribution in [3.63, 3.8) is 0 Å². The van der Waals surface area contributed by atoms with Gasteiger partial charge in [0.1, 0.15) is 12.3 Å². The first kappa shape index (κ1) is 10.6. The highest BCUT2D eigenvalue weighted by molar-refractivity contribution is 5.77. The maximum absolute atomic E-state index is 10.9. The number of hydrogen-bond donors (Lipinski definition) is 0. The lowest BCUT2D eigenvalue weighted by Crippen LogP contribution is -2.11. The Labute approximate surface area is 95.0 Å². The summed E-state index contributed by atoms with van der Waals surface area (Å²) in [5, 5.41) is 0. The first-order valence-electron chi connectivity index (χ1n) is 5.28. The van der Waals surface area contributed by atoms with Gasteiger partial charge in [-0.1, -0.05) is 42.5 Å². The molecule has 2 rings (SSSR count). The van der Waals surface area contributed by atoms with E-state index in [-0.39, 0.29) is 6.04 Å². The predicted octanol–water partition coefficient (Wildman–Crippen LogP) is 2.36. The van der Waals surface area contributed by atoms with Gasteiger partial charge in [0, 0.05) is 6.21 Å². The van der Waals surface area contributed by atoms with E-state index < -0.39 is 0 Å². The number of nitrogens with zero attached hydrogens (tertiary/aromatic N) is 1. The fraction of sp³-hybridized carbons (Fsp3) is 0.143. The number of allylic oxidation sites excluding steroid dienone is 3. The molecule has 0 aliphatic carbocycles. The summed E-state index contributed by atoms with van der Waals surface area (Å²) >= 11 is 0. The number of aldehydes is 1. The fourth-order valence-corrected chi connectivity index (χ4v) is 1.68. The molecular weight excluding hydrogens is 198 g/mol. The maximum atomic E-state index is 10.9. The lowest BCUT2D eigenvalue weighted by atomic mass is 9.99. The van der Waals surface area contributed by atoms with Crippen molar-refractivity contribution in [2.24, 2.45) is 4.99 Å². The Morgan fingerprint density at radius 1 is 1.19 bits per heavy atom. The molecule has 1 heterocycles. The van der Waals surface area contributed by atoms with Gasteiger partial charge >= 0.3 is 0 Å². The van der Waals surface area contributed by atoms with Gasteiger partial charge in [-0.25, -0.2) is 0 Å². The molecule has 2 nitrogen and oxygen atoms in total. The van der Waals surface area contributed by atoms with Gasteiger partial charge < -0.3 is 4.79 Å². The van der Waals surface area contributed by atoms with E-state index in [1.165, 1.54) is 5.56 Å². The summed E-state index contributed by atoms with van der Waals surface area (Å²) in [5.41, 5.74) is 2.23. The average molecular weight is 211 g/mol. The lowest BCUT2D eigenvalue weighted by molar-refractivity contribution is -0.108. The Balaban J connectivity index is 2.19. The molecule has 1 aromatic rings. The summed E-state index contributed by atoms with van der Waals surface area (Å²) in [4.78, 5) is 15.1. The van der Waals surface area contributed by atoms with Gasteiger partial charge in [-0.3, -0.25) is 4.99 Å². The van der Waals surface area contributed by atoms with Crippen LogP contribution < -0.4 is 0 Å². The first-order valence-corrected chi connectivity index (χ1v) is 5.28. The Morgan fingerprint density at radius 3 is 2.75 bits per heavy atom. The Morgan fingerprint density at radius 2 is 2.00 bits per heavy atom. The molecule has 2 heteroatoms. The Hall–Kier alpha value is -1.96. The minimum atomic E-state index is -0.338. The normalized spacial score (nSPS) is 19.0. The van der Waals surface area contributed by atoms with Crippen LogP contribution in [0.15, 0.2) is 59.1 Å². The summed E-state index contributed by atoms with van der Waals surface area (Å²) < 4.78 is 0. The molecule has 0 fully saturated rings. The highest BCUT2D eigenvalue weighted by atomic mass is 16.1. The maximum Gasteiger partial charge on any atom is 0.148 e. The number of hydrogen-bond acceptors (Lipinski definition) is 2. The minimum absolute atomic E-state index is 0.338. The van der Waals surface area contributed by atoms with E-state index in [4.69, 9.17) is 0 Å². The molecule has 0 radical (unpaired) electrons. The van der Waals surface area contributed by atoms with E-state index in [0.29, 0.717) is 0 Å². The van der Waals surface area contributed by atoms with Crippen LogP contribution in [-0.4, -0.2) is 18.5 Å². The van der Waals surface area contributed by atoms with Crippen LogP contribution in [0.5, 0.6) is 0 Å². The Kier molecular flexibility index (Phi) is 3.44. The molecular formula is C14H13NO. The van der Waals surface area contributed by atoms with Crippen LogP contribution in [-0.2, 0) is 11.2 Å². The molecule has 1 atom stereocenters. The van der Waals surface area contributed by atoms with Gasteiger partial charge in [-0.2, -0.15) is 0 Å². The fourth-order valence-electron chi connectivity index (χ4n) is 1.68. The van der Waals surface area contributed by atoms with Crippen molar-refractivity contribution in [2.75, 3.05) is 0 Å². The van der Waals surface area contributed by atoms with Crippen LogP contribution in [0, 0.1) is 0 Å². The second-order valence-electron chi connectivity index (χ2n) is 3.67. The van der Waals surface area contributed by atoms with Crippen LogP contribution in [0.2, 0.25) is 0 Å². The molecule has 0 spiro atoms. The number of rotatable bonds is 3. The van der Waals surface area contributed by atoms with Gasteiger partial charge in [0.05, 0.1) is 0 Å². The molecule has 1 aliphatic rings. The number of carbonyl (C=O) groups is 1. The first-order chi connectivity index (χ1) is 7.90. The molecule has 80 valence electrons. The largest absolute Gasteiger partial charge is 0.301 e. The van der Waals surface area contributed by atoms with Crippen LogP contribution in [0.4, 0.5) is 0 Å². The van der Waals surface area contributed by atoms with Crippen molar-refractivity contribution in [3.05, 3.63) is 59.7 Å². The van der Waals surface area contributed by atoms with Crippen LogP contribution >= 0.6 is 0 Å². The molecule has 16 heavy (non-hydrogen) atoms. The molecule has 0 amide bonds. The summed E-state index contributed by atoms with van der Waals surface area (Å²) in [6, 6.07) is 9.76. The topological polar surface area (TPSA) is 29.4 Å². The standard InChI is InChI=1S/C14H13NO/c16-11-14-13(8-4-5-9-15-14)10-12-6-2-1-3-7-12/h1-9,11,14H,10H2. The third-order valence-corrected chi connectivity index (χ3v) is 2.51. The molecule has 0 bridgehead atoms. The zero-order valence-corrected chi connectivity index (χ0v) is 8.91. The Bertz CT molecular complexity index is 443. The van der Waals surface area contributed by atoms with Gasteiger partial charge in [0.15, 0.2) is 0 Å². The molecule has 1 aromatic carbocycles. The SMILES string of the molecule is O=CC1N=CC=CC=C1Cc1ccccc1. The smallest absolute Gasteiger partial charge is 0.148 e. The molecule has 1 unspecified atom stereocenters. The summed E-state index contributed by atoms with van der Waals surface area (Å²) in [7, 11) is 0. The van der Waals surface area contributed by atoms with E-state index in [2.05, 4.69) is 17.1 Å². The van der Waals surface area contributed by atoms with Crippen molar-refractivity contribution < 1.29 is 4.79 Å². The molecule has 1 aliphatic heterocycles.